The summed E-state index contributed by atoms with van der Waals surface area (Å²) in [4.78, 5) is 22.5. The van der Waals surface area contributed by atoms with Crippen LogP contribution in [0, 0.1) is 12.8 Å². The fraction of sp³-hybridized carbons (Fsp3) is 0.583. The number of anilines is 1. The number of rotatable bonds is 7. The highest BCUT2D eigenvalue weighted by Crippen LogP contribution is 2.32. The van der Waals surface area contributed by atoms with Crippen LogP contribution in [-0.2, 0) is 9.59 Å². The van der Waals surface area contributed by atoms with E-state index < -0.39 is 12.0 Å². The van der Waals surface area contributed by atoms with E-state index in [1.54, 1.807) is 13.0 Å². The summed E-state index contributed by atoms with van der Waals surface area (Å²) in [5, 5.41) is 18.1. The van der Waals surface area contributed by atoms with Gasteiger partial charge in [0.2, 0.25) is 5.91 Å². The van der Waals surface area contributed by atoms with E-state index in [1.165, 1.54) is 0 Å². The average molecular weight is 267 g/mol. The zero-order valence-electron chi connectivity index (χ0n) is 10.7. The minimum Gasteiger partial charge on any atom is -0.480 e. The van der Waals surface area contributed by atoms with Crippen LogP contribution in [0.2, 0.25) is 0 Å². The van der Waals surface area contributed by atoms with Gasteiger partial charge in [0, 0.05) is 19.0 Å². The van der Waals surface area contributed by atoms with Crippen LogP contribution in [0.5, 0.6) is 0 Å². The van der Waals surface area contributed by atoms with Gasteiger partial charge in [0.1, 0.15) is 11.8 Å². The lowest BCUT2D eigenvalue weighted by molar-refractivity contribution is -0.140. The van der Waals surface area contributed by atoms with Crippen molar-refractivity contribution in [3.8, 4) is 0 Å². The second-order valence-corrected chi connectivity index (χ2v) is 4.73. The van der Waals surface area contributed by atoms with E-state index in [1.807, 2.05) is 0 Å². The number of carboxylic acids is 1. The molecule has 1 heterocycles. The molecule has 1 aliphatic rings. The molecule has 0 aromatic carbocycles. The monoisotopic (exact) mass is 267 g/mol. The first-order chi connectivity index (χ1) is 9.06. The molecule has 1 saturated carbocycles. The first-order valence-corrected chi connectivity index (χ1v) is 6.25. The van der Waals surface area contributed by atoms with E-state index in [9.17, 15) is 9.59 Å². The van der Waals surface area contributed by atoms with E-state index in [2.05, 4.69) is 15.8 Å². The standard InChI is InChI=1S/C12H17N3O4/c1-7-6-9(15-19-7)14-10(16)4-5-13-11(12(17)18)8-2-3-8/h6,8,11,13H,2-5H2,1H3,(H,17,18)(H,14,15,16). The predicted molar refractivity (Wildman–Crippen MR) is 66.6 cm³/mol. The number of aliphatic carboxylic acids is 1. The maximum Gasteiger partial charge on any atom is 0.320 e. The maximum atomic E-state index is 11.6. The molecule has 104 valence electrons. The molecule has 1 atom stereocenters. The van der Waals surface area contributed by atoms with Crippen molar-refractivity contribution in [3.63, 3.8) is 0 Å². The molecule has 1 fully saturated rings. The molecule has 1 aromatic heterocycles. The van der Waals surface area contributed by atoms with Crippen LogP contribution in [0.3, 0.4) is 0 Å². The van der Waals surface area contributed by atoms with Crippen molar-refractivity contribution in [2.75, 3.05) is 11.9 Å². The molecule has 1 unspecified atom stereocenters. The minimum absolute atomic E-state index is 0.197. The second-order valence-electron chi connectivity index (χ2n) is 4.73. The van der Waals surface area contributed by atoms with Crippen LogP contribution >= 0.6 is 0 Å². The van der Waals surface area contributed by atoms with E-state index in [4.69, 9.17) is 9.63 Å². The number of carbonyl (C=O) groups is 2. The maximum absolute atomic E-state index is 11.6. The van der Waals surface area contributed by atoms with Crippen molar-refractivity contribution < 1.29 is 19.2 Å². The van der Waals surface area contributed by atoms with Crippen molar-refractivity contribution in [1.29, 1.82) is 0 Å². The topological polar surface area (TPSA) is 104 Å². The highest BCUT2D eigenvalue weighted by atomic mass is 16.5. The molecule has 0 bridgehead atoms. The van der Waals surface area contributed by atoms with Crippen LogP contribution in [-0.4, -0.2) is 34.7 Å². The quantitative estimate of drug-likeness (QED) is 0.674. The van der Waals surface area contributed by atoms with Gasteiger partial charge in [-0.15, -0.1) is 0 Å². The third-order valence-corrected chi connectivity index (χ3v) is 2.97. The molecule has 0 aliphatic heterocycles. The van der Waals surface area contributed by atoms with Crippen LogP contribution in [0.4, 0.5) is 5.82 Å². The molecule has 7 heteroatoms. The summed E-state index contributed by atoms with van der Waals surface area (Å²) < 4.78 is 4.82. The lowest BCUT2D eigenvalue weighted by Crippen LogP contribution is -2.39. The average Bonchev–Trinajstić information content (AvgIpc) is 3.08. The molecule has 1 aromatic rings. The number of nitrogens with zero attached hydrogens (tertiary/aromatic N) is 1. The van der Waals surface area contributed by atoms with Crippen molar-refractivity contribution in [2.24, 2.45) is 5.92 Å². The smallest absolute Gasteiger partial charge is 0.320 e. The molecule has 0 spiro atoms. The minimum atomic E-state index is -0.852. The van der Waals surface area contributed by atoms with E-state index in [0.29, 0.717) is 18.1 Å². The predicted octanol–water partition coefficient (Wildman–Crippen LogP) is 0.764. The van der Waals surface area contributed by atoms with Crippen molar-refractivity contribution in [1.82, 2.24) is 10.5 Å². The van der Waals surface area contributed by atoms with Crippen LogP contribution in [0.25, 0.3) is 0 Å². The molecule has 3 N–H and O–H groups in total. The highest BCUT2D eigenvalue weighted by Gasteiger charge is 2.35. The summed E-state index contributed by atoms with van der Waals surface area (Å²) in [6.07, 6.45) is 2.07. The van der Waals surface area contributed by atoms with Gasteiger partial charge in [-0.3, -0.25) is 9.59 Å². The number of hydrogen-bond acceptors (Lipinski definition) is 5. The summed E-state index contributed by atoms with van der Waals surface area (Å²) in [5.41, 5.74) is 0. The van der Waals surface area contributed by atoms with Crippen molar-refractivity contribution in [2.45, 2.75) is 32.2 Å². The van der Waals surface area contributed by atoms with Gasteiger partial charge in [-0.2, -0.15) is 0 Å². The Bertz CT molecular complexity index is 467. The lowest BCUT2D eigenvalue weighted by atomic mass is 10.2. The number of carbonyl (C=O) groups excluding carboxylic acids is 1. The van der Waals surface area contributed by atoms with Gasteiger partial charge in [-0.1, -0.05) is 5.16 Å². The Balaban J connectivity index is 1.70. The summed E-state index contributed by atoms with van der Waals surface area (Å²) in [6, 6.07) is 1.08. The Hall–Kier alpha value is -1.89. The highest BCUT2D eigenvalue weighted by molar-refractivity contribution is 5.89. The van der Waals surface area contributed by atoms with Gasteiger partial charge in [0.25, 0.3) is 0 Å². The Kier molecular flexibility index (Phi) is 4.16. The normalized spacial score (nSPS) is 16.1. The number of hydrogen-bond donors (Lipinski definition) is 3. The first-order valence-electron chi connectivity index (χ1n) is 6.25. The van der Waals surface area contributed by atoms with Gasteiger partial charge in [-0.05, 0) is 25.7 Å². The Morgan fingerprint density at radius 2 is 2.32 bits per heavy atom. The molecular weight excluding hydrogens is 250 g/mol. The van der Waals surface area contributed by atoms with Crippen LogP contribution in [0.15, 0.2) is 10.6 Å². The van der Waals surface area contributed by atoms with Crippen LogP contribution < -0.4 is 10.6 Å². The zero-order chi connectivity index (χ0) is 13.8. The number of aromatic nitrogens is 1. The van der Waals surface area contributed by atoms with E-state index in [-0.39, 0.29) is 18.2 Å². The van der Waals surface area contributed by atoms with Gasteiger partial charge < -0.3 is 20.3 Å². The third-order valence-electron chi connectivity index (χ3n) is 2.97. The van der Waals surface area contributed by atoms with E-state index >= 15 is 0 Å². The molecule has 2 rings (SSSR count). The fourth-order valence-corrected chi connectivity index (χ4v) is 1.86. The number of amides is 1. The molecule has 19 heavy (non-hydrogen) atoms. The van der Waals surface area contributed by atoms with Gasteiger partial charge >= 0.3 is 5.97 Å². The summed E-state index contributed by atoms with van der Waals surface area (Å²) >= 11 is 0. The van der Waals surface area contributed by atoms with Gasteiger partial charge in [-0.25, -0.2) is 0 Å². The Labute approximate surface area is 110 Å². The van der Waals surface area contributed by atoms with E-state index in [0.717, 1.165) is 12.8 Å². The molecule has 7 nitrogen and oxygen atoms in total. The number of aryl methyl sites for hydroxylation is 1. The van der Waals surface area contributed by atoms with Gasteiger partial charge in [0.15, 0.2) is 5.82 Å². The molecular formula is C12H17N3O4. The molecule has 1 aliphatic carbocycles. The SMILES string of the molecule is Cc1cc(NC(=O)CCNC(C(=O)O)C2CC2)no1. The van der Waals surface area contributed by atoms with Crippen LogP contribution in [0.1, 0.15) is 25.0 Å². The Morgan fingerprint density at radius 1 is 1.58 bits per heavy atom. The van der Waals surface area contributed by atoms with Crippen molar-refractivity contribution >= 4 is 17.7 Å². The lowest BCUT2D eigenvalue weighted by Gasteiger charge is -2.12. The number of nitrogens with one attached hydrogen (secondary N) is 2. The number of carboxylic acid groups (broad SMARTS) is 1. The first kappa shape index (κ1) is 13.5. The Morgan fingerprint density at radius 3 is 2.84 bits per heavy atom. The fourth-order valence-electron chi connectivity index (χ4n) is 1.86. The third kappa shape index (κ3) is 4.06. The zero-order valence-corrected chi connectivity index (χ0v) is 10.7. The molecule has 0 radical (unpaired) electrons. The van der Waals surface area contributed by atoms with Crippen molar-refractivity contribution in [3.05, 3.63) is 11.8 Å². The summed E-state index contributed by atoms with van der Waals surface area (Å²) in [7, 11) is 0. The molecule has 1 amide bonds. The summed E-state index contributed by atoms with van der Waals surface area (Å²) in [5.74, 6) is 0.127. The summed E-state index contributed by atoms with van der Waals surface area (Å²) in [6.45, 7) is 2.06. The van der Waals surface area contributed by atoms with Gasteiger partial charge in [0.05, 0.1) is 0 Å². The molecule has 0 saturated heterocycles. The largest absolute Gasteiger partial charge is 0.480 e. The second kappa shape index (κ2) is 5.83.